The zero-order chi connectivity index (χ0) is 16.0. The van der Waals surface area contributed by atoms with Crippen LogP contribution in [0.4, 0.5) is 0 Å². The molecule has 0 radical (unpaired) electrons. The number of nitrogens with zero attached hydrogens (tertiary/aromatic N) is 1. The molecule has 0 aliphatic heterocycles. The number of likely N-dealkylation sites (N-methyl/N-ethyl adjacent to an activating group) is 1. The molecule has 6 heteroatoms. The number of carbonyl (C=O) groups is 1. The lowest BCUT2D eigenvalue weighted by Gasteiger charge is -2.24. The van der Waals surface area contributed by atoms with Crippen LogP contribution in [0.1, 0.15) is 18.9 Å². The average Bonchev–Trinajstić information content (AvgIpc) is 2.45. The molecule has 0 aliphatic rings. The van der Waals surface area contributed by atoms with Crippen molar-refractivity contribution in [3.05, 3.63) is 23.8 Å². The Morgan fingerprint density at radius 1 is 1.33 bits per heavy atom. The van der Waals surface area contributed by atoms with Crippen LogP contribution in [0.3, 0.4) is 0 Å². The SMILES string of the molecule is COc1ccc(CC(=O)N(C)C(C)CC(N)=S)cc1OC. The Bertz CT molecular complexity index is 520. The van der Waals surface area contributed by atoms with E-state index in [1.165, 1.54) is 0 Å². The summed E-state index contributed by atoms with van der Waals surface area (Å²) < 4.78 is 10.4. The fraction of sp³-hybridized carbons (Fsp3) is 0.467. The predicted molar refractivity (Wildman–Crippen MR) is 86.9 cm³/mol. The minimum atomic E-state index is -0.0184. The van der Waals surface area contributed by atoms with Gasteiger partial charge in [0.25, 0.3) is 0 Å². The molecule has 0 saturated carbocycles. The average molecular weight is 310 g/mol. The number of hydrogen-bond donors (Lipinski definition) is 1. The van der Waals surface area contributed by atoms with E-state index in [1.54, 1.807) is 32.2 Å². The molecule has 0 spiro atoms. The first-order valence-corrected chi connectivity index (χ1v) is 7.04. The second-order valence-corrected chi connectivity index (χ2v) is 5.41. The lowest BCUT2D eigenvalue weighted by molar-refractivity contribution is -0.130. The van der Waals surface area contributed by atoms with Gasteiger partial charge in [-0.3, -0.25) is 4.79 Å². The third kappa shape index (κ3) is 4.90. The number of hydrogen-bond acceptors (Lipinski definition) is 4. The fourth-order valence-electron chi connectivity index (χ4n) is 1.96. The van der Waals surface area contributed by atoms with E-state index < -0.39 is 0 Å². The first kappa shape index (κ1) is 17.2. The van der Waals surface area contributed by atoms with Crippen LogP contribution >= 0.6 is 12.2 Å². The predicted octanol–water partition coefficient (Wildman–Crippen LogP) is 1.77. The van der Waals surface area contributed by atoms with Gasteiger partial charge in [0.1, 0.15) is 0 Å². The number of ether oxygens (including phenoxy) is 2. The second kappa shape index (κ2) is 7.83. The van der Waals surface area contributed by atoms with E-state index in [4.69, 9.17) is 27.4 Å². The van der Waals surface area contributed by atoms with Gasteiger partial charge in [-0.25, -0.2) is 0 Å². The number of rotatable bonds is 7. The molecular formula is C15H22N2O3S. The van der Waals surface area contributed by atoms with Crippen LogP contribution in [0.2, 0.25) is 0 Å². The third-order valence-electron chi connectivity index (χ3n) is 3.35. The number of thiocarbonyl (C=S) groups is 1. The molecule has 1 aromatic rings. The van der Waals surface area contributed by atoms with Crippen molar-refractivity contribution in [1.82, 2.24) is 4.90 Å². The molecule has 0 saturated heterocycles. The number of benzene rings is 1. The van der Waals surface area contributed by atoms with E-state index in [0.29, 0.717) is 29.3 Å². The van der Waals surface area contributed by atoms with Crippen molar-refractivity contribution in [3.8, 4) is 11.5 Å². The fourth-order valence-corrected chi connectivity index (χ4v) is 2.21. The molecule has 0 fully saturated rings. The van der Waals surface area contributed by atoms with E-state index in [9.17, 15) is 4.79 Å². The number of methoxy groups -OCH3 is 2. The molecule has 1 atom stereocenters. The minimum Gasteiger partial charge on any atom is -0.493 e. The lowest BCUT2D eigenvalue weighted by Crippen LogP contribution is -2.38. The highest BCUT2D eigenvalue weighted by molar-refractivity contribution is 7.80. The quantitative estimate of drug-likeness (QED) is 0.778. The topological polar surface area (TPSA) is 64.8 Å². The molecule has 0 aromatic heterocycles. The first-order chi connectivity index (χ1) is 9.88. The summed E-state index contributed by atoms with van der Waals surface area (Å²) >= 11 is 4.88. The molecule has 116 valence electrons. The molecule has 1 amide bonds. The summed E-state index contributed by atoms with van der Waals surface area (Å²) in [5, 5.41) is 0. The van der Waals surface area contributed by atoms with Gasteiger partial charge in [-0.1, -0.05) is 18.3 Å². The van der Waals surface area contributed by atoms with Gasteiger partial charge in [0.05, 0.1) is 25.6 Å². The molecule has 2 N–H and O–H groups in total. The summed E-state index contributed by atoms with van der Waals surface area (Å²) in [6.45, 7) is 1.92. The van der Waals surface area contributed by atoms with E-state index in [1.807, 2.05) is 19.1 Å². The monoisotopic (exact) mass is 310 g/mol. The zero-order valence-corrected chi connectivity index (χ0v) is 13.7. The maximum absolute atomic E-state index is 12.3. The van der Waals surface area contributed by atoms with Crippen LogP contribution in [0.25, 0.3) is 0 Å². The molecule has 0 aliphatic carbocycles. The van der Waals surface area contributed by atoms with Crippen LogP contribution in [0.15, 0.2) is 18.2 Å². The van der Waals surface area contributed by atoms with Crippen molar-refractivity contribution in [3.63, 3.8) is 0 Å². The minimum absolute atomic E-state index is 0.00553. The highest BCUT2D eigenvalue weighted by Gasteiger charge is 2.17. The summed E-state index contributed by atoms with van der Waals surface area (Å²) in [6.07, 6.45) is 0.808. The van der Waals surface area contributed by atoms with Crippen molar-refractivity contribution in [2.75, 3.05) is 21.3 Å². The van der Waals surface area contributed by atoms with Gasteiger partial charge < -0.3 is 20.1 Å². The van der Waals surface area contributed by atoms with Gasteiger partial charge in [-0.2, -0.15) is 0 Å². The summed E-state index contributed by atoms with van der Waals surface area (Å²) in [4.78, 5) is 14.3. The highest BCUT2D eigenvalue weighted by atomic mass is 32.1. The normalized spacial score (nSPS) is 11.6. The molecule has 1 aromatic carbocycles. The molecular weight excluding hydrogens is 288 g/mol. The van der Waals surface area contributed by atoms with Gasteiger partial charge in [0.2, 0.25) is 5.91 Å². The Balaban J connectivity index is 2.76. The molecule has 1 unspecified atom stereocenters. The summed E-state index contributed by atoms with van der Waals surface area (Å²) in [6, 6.07) is 5.43. The third-order valence-corrected chi connectivity index (χ3v) is 3.52. The van der Waals surface area contributed by atoms with Gasteiger partial charge >= 0.3 is 0 Å². The Hall–Kier alpha value is -1.82. The van der Waals surface area contributed by atoms with Crippen molar-refractivity contribution in [2.24, 2.45) is 5.73 Å². The number of carbonyl (C=O) groups excluding carboxylic acids is 1. The van der Waals surface area contributed by atoms with Gasteiger partial charge in [-0.15, -0.1) is 0 Å². The smallest absolute Gasteiger partial charge is 0.226 e. The Morgan fingerprint density at radius 2 is 1.95 bits per heavy atom. The molecule has 0 bridgehead atoms. The number of nitrogens with two attached hydrogens (primary N) is 1. The van der Waals surface area contributed by atoms with E-state index in [2.05, 4.69) is 0 Å². The Labute approximate surface area is 131 Å². The Kier molecular flexibility index (Phi) is 6.42. The van der Waals surface area contributed by atoms with Crippen LogP contribution < -0.4 is 15.2 Å². The van der Waals surface area contributed by atoms with Crippen molar-refractivity contribution >= 4 is 23.1 Å². The van der Waals surface area contributed by atoms with Crippen LogP contribution in [-0.4, -0.2) is 43.1 Å². The zero-order valence-electron chi connectivity index (χ0n) is 12.9. The largest absolute Gasteiger partial charge is 0.493 e. The molecule has 1 rings (SSSR count). The number of amides is 1. The van der Waals surface area contributed by atoms with E-state index in [-0.39, 0.29) is 11.9 Å². The Morgan fingerprint density at radius 3 is 2.48 bits per heavy atom. The van der Waals surface area contributed by atoms with Crippen LogP contribution in [0.5, 0.6) is 11.5 Å². The van der Waals surface area contributed by atoms with E-state index in [0.717, 1.165) is 5.56 Å². The maximum Gasteiger partial charge on any atom is 0.226 e. The summed E-state index contributed by atoms with van der Waals surface area (Å²) in [5.41, 5.74) is 6.38. The van der Waals surface area contributed by atoms with Gasteiger partial charge in [-0.05, 0) is 24.6 Å². The second-order valence-electron chi connectivity index (χ2n) is 4.89. The van der Waals surface area contributed by atoms with Crippen molar-refractivity contribution in [2.45, 2.75) is 25.8 Å². The van der Waals surface area contributed by atoms with Crippen molar-refractivity contribution in [1.29, 1.82) is 0 Å². The maximum atomic E-state index is 12.3. The van der Waals surface area contributed by atoms with Crippen LogP contribution in [-0.2, 0) is 11.2 Å². The van der Waals surface area contributed by atoms with Crippen LogP contribution in [0, 0.1) is 0 Å². The summed E-state index contributed by atoms with van der Waals surface area (Å²) in [7, 11) is 4.90. The van der Waals surface area contributed by atoms with Gasteiger partial charge in [0.15, 0.2) is 11.5 Å². The van der Waals surface area contributed by atoms with Crippen molar-refractivity contribution < 1.29 is 14.3 Å². The molecule has 0 heterocycles. The highest BCUT2D eigenvalue weighted by Crippen LogP contribution is 2.27. The lowest BCUT2D eigenvalue weighted by atomic mass is 10.1. The van der Waals surface area contributed by atoms with Gasteiger partial charge in [0, 0.05) is 19.5 Å². The standard InChI is InChI=1S/C15H22N2O3S/c1-10(7-14(16)21)17(2)15(18)9-11-5-6-12(19-3)13(8-11)20-4/h5-6,8,10H,7,9H2,1-4H3,(H2,16,21). The first-order valence-electron chi connectivity index (χ1n) is 6.63. The molecule has 21 heavy (non-hydrogen) atoms. The molecule has 5 nitrogen and oxygen atoms in total. The summed E-state index contributed by atoms with van der Waals surface area (Å²) in [5.74, 6) is 1.26. The van der Waals surface area contributed by atoms with E-state index >= 15 is 0 Å².